The van der Waals surface area contributed by atoms with E-state index in [9.17, 15) is 5.11 Å². The van der Waals surface area contributed by atoms with Gasteiger partial charge in [-0.15, -0.1) is 0 Å². The Morgan fingerprint density at radius 2 is 1.67 bits per heavy atom. The molecule has 2 heteroatoms. The molecule has 0 aromatic carbocycles. The quantitative estimate of drug-likeness (QED) is 0.809. The third-order valence-electron chi connectivity index (χ3n) is 5.86. The van der Waals surface area contributed by atoms with Gasteiger partial charge in [-0.1, -0.05) is 46.0 Å². The standard InChI is InChI=1S/C16H31NO/c1-13(2)14-8-4-7-11-16(14,18)15(12-17)9-5-3-6-10-15/h13-14,18H,3-12,17H2,1-2H3. The van der Waals surface area contributed by atoms with E-state index >= 15 is 0 Å². The predicted octanol–water partition coefficient (Wildman–Crippen LogP) is 3.47. The highest BCUT2D eigenvalue weighted by molar-refractivity contribution is 5.06. The summed E-state index contributed by atoms with van der Waals surface area (Å²) in [6, 6.07) is 0. The molecule has 0 radical (unpaired) electrons. The summed E-state index contributed by atoms with van der Waals surface area (Å²) in [5, 5.41) is 11.5. The van der Waals surface area contributed by atoms with E-state index in [0.29, 0.717) is 18.4 Å². The molecule has 0 aromatic heterocycles. The van der Waals surface area contributed by atoms with Gasteiger partial charge in [-0.2, -0.15) is 0 Å². The van der Waals surface area contributed by atoms with E-state index in [1.807, 2.05) is 0 Å². The number of nitrogens with two attached hydrogens (primary N) is 1. The topological polar surface area (TPSA) is 46.2 Å². The zero-order valence-corrected chi connectivity index (χ0v) is 12.3. The van der Waals surface area contributed by atoms with Crippen molar-refractivity contribution in [3.8, 4) is 0 Å². The number of hydrogen-bond donors (Lipinski definition) is 2. The van der Waals surface area contributed by atoms with Gasteiger partial charge in [0.1, 0.15) is 0 Å². The Morgan fingerprint density at radius 3 is 2.22 bits per heavy atom. The van der Waals surface area contributed by atoms with Crippen LogP contribution in [0.15, 0.2) is 0 Å². The van der Waals surface area contributed by atoms with Crippen LogP contribution in [-0.2, 0) is 0 Å². The fraction of sp³-hybridized carbons (Fsp3) is 1.00. The Hall–Kier alpha value is -0.0800. The second kappa shape index (κ2) is 5.50. The molecule has 0 amide bonds. The van der Waals surface area contributed by atoms with E-state index in [0.717, 1.165) is 19.3 Å². The maximum absolute atomic E-state index is 11.5. The van der Waals surface area contributed by atoms with E-state index < -0.39 is 5.60 Å². The van der Waals surface area contributed by atoms with Crippen LogP contribution in [-0.4, -0.2) is 17.3 Å². The molecule has 2 fully saturated rings. The first kappa shape index (κ1) is 14.3. The molecule has 106 valence electrons. The largest absolute Gasteiger partial charge is 0.389 e. The summed E-state index contributed by atoms with van der Waals surface area (Å²) < 4.78 is 0. The zero-order valence-electron chi connectivity index (χ0n) is 12.3. The number of rotatable bonds is 3. The normalized spacial score (nSPS) is 36.8. The summed E-state index contributed by atoms with van der Waals surface area (Å²) in [6.07, 6.45) is 10.8. The highest BCUT2D eigenvalue weighted by atomic mass is 16.3. The van der Waals surface area contributed by atoms with Crippen molar-refractivity contribution in [3.05, 3.63) is 0 Å². The Labute approximate surface area is 112 Å². The molecule has 3 N–H and O–H groups in total. The first-order valence-corrected chi connectivity index (χ1v) is 7.98. The van der Waals surface area contributed by atoms with Gasteiger partial charge in [0.2, 0.25) is 0 Å². The van der Waals surface area contributed by atoms with Crippen molar-refractivity contribution in [1.29, 1.82) is 0 Å². The van der Waals surface area contributed by atoms with Crippen molar-refractivity contribution in [2.75, 3.05) is 6.54 Å². The molecule has 0 spiro atoms. The van der Waals surface area contributed by atoms with E-state index in [1.54, 1.807) is 0 Å². The molecule has 2 saturated carbocycles. The molecule has 2 rings (SSSR count). The maximum Gasteiger partial charge on any atom is 0.0746 e. The molecule has 2 aliphatic carbocycles. The summed E-state index contributed by atoms with van der Waals surface area (Å²) in [7, 11) is 0. The first-order valence-electron chi connectivity index (χ1n) is 7.98. The Bertz CT molecular complexity index is 270. The molecule has 2 unspecified atom stereocenters. The van der Waals surface area contributed by atoms with Gasteiger partial charge in [-0.05, 0) is 37.5 Å². The zero-order chi connectivity index (χ0) is 13.2. The van der Waals surface area contributed by atoms with Crippen molar-refractivity contribution >= 4 is 0 Å². The van der Waals surface area contributed by atoms with Gasteiger partial charge < -0.3 is 10.8 Å². The number of aliphatic hydroxyl groups is 1. The summed E-state index contributed by atoms with van der Waals surface area (Å²) >= 11 is 0. The average molecular weight is 253 g/mol. The summed E-state index contributed by atoms with van der Waals surface area (Å²) in [5.41, 5.74) is 5.68. The molecule has 0 aromatic rings. The fourth-order valence-corrected chi connectivity index (χ4v) is 4.77. The van der Waals surface area contributed by atoms with Crippen LogP contribution in [0.1, 0.15) is 71.6 Å². The van der Waals surface area contributed by atoms with Crippen molar-refractivity contribution in [3.63, 3.8) is 0 Å². The van der Waals surface area contributed by atoms with Crippen molar-refractivity contribution in [2.24, 2.45) is 23.0 Å². The van der Waals surface area contributed by atoms with E-state index in [2.05, 4.69) is 13.8 Å². The second-order valence-electron chi connectivity index (χ2n) is 7.07. The number of hydrogen-bond acceptors (Lipinski definition) is 2. The lowest BCUT2D eigenvalue weighted by atomic mass is 9.53. The molecular weight excluding hydrogens is 222 g/mol. The highest BCUT2D eigenvalue weighted by Crippen LogP contribution is 2.54. The monoisotopic (exact) mass is 253 g/mol. The van der Waals surface area contributed by atoms with Crippen molar-refractivity contribution in [1.82, 2.24) is 0 Å². The van der Waals surface area contributed by atoms with Gasteiger partial charge in [0, 0.05) is 12.0 Å². The predicted molar refractivity (Wildman–Crippen MR) is 76.3 cm³/mol. The lowest BCUT2D eigenvalue weighted by Crippen LogP contribution is -2.60. The van der Waals surface area contributed by atoms with Crippen LogP contribution in [0.4, 0.5) is 0 Å². The first-order chi connectivity index (χ1) is 8.56. The minimum absolute atomic E-state index is 0.0145. The summed E-state index contributed by atoms with van der Waals surface area (Å²) in [6.45, 7) is 5.22. The lowest BCUT2D eigenvalue weighted by Gasteiger charge is -2.56. The SMILES string of the molecule is CC(C)C1CCCCC1(O)C1(CN)CCCCC1. The molecule has 2 nitrogen and oxygen atoms in total. The summed E-state index contributed by atoms with van der Waals surface area (Å²) in [4.78, 5) is 0. The van der Waals surface area contributed by atoms with Gasteiger partial charge in [0.25, 0.3) is 0 Å². The van der Waals surface area contributed by atoms with Crippen LogP contribution in [0.2, 0.25) is 0 Å². The van der Waals surface area contributed by atoms with Crippen LogP contribution in [0, 0.1) is 17.3 Å². The van der Waals surface area contributed by atoms with Gasteiger partial charge in [0.05, 0.1) is 5.60 Å². The van der Waals surface area contributed by atoms with E-state index in [4.69, 9.17) is 5.73 Å². The molecule has 2 atom stereocenters. The minimum Gasteiger partial charge on any atom is -0.389 e. The van der Waals surface area contributed by atoms with Crippen LogP contribution < -0.4 is 5.73 Å². The molecule has 0 bridgehead atoms. The fourth-order valence-electron chi connectivity index (χ4n) is 4.77. The van der Waals surface area contributed by atoms with Crippen LogP contribution in [0.5, 0.6) is 0 Å². The van der Waals surface area contributed by atoms with Crippen LogP contribution in [0.3, 0.4) is 0 Å². The maximum atomic E-state index is 11.5. The molecular formula is C16H31NO. The van der Waals surface area contributed by atoms with Crippen LogP contribution >= 0.6 is 0 Å². The highest BCUT2D eigenvalue weighted by Gasteiger charge is 2.54. The van der Waals surface area contributed by atoms with Gasteiger partial charge >= 0.3 is 0 Å². The van der Waals surface area contributed by atoms with Gasteiger partial charge in [0.15, 0.2) is 0 Å². The van der Waals surface area contributed by atoms with Crippen LogP contribution in [0.25, 0.3) is 0 Å². The molecule has 0 aliphatic heterocycles. The van der Waals surface area contributed by atoms with E-state index in [1.165, 1.54) is 38.5 Å². The summed E-state index contributed by atoms with van der Waals surface area (Å²) in [5.74, 6) is 1.02. The third-order valence-corrected chi connectivity index (χ3v) is 5.86. The van der Waals surface area contributed by atoms with Gasteiger partial charge in [-0.3, -0.25) is 0 Å². The molecule has 0 saturated heterocycles. The Kier molecular flexibility index (Phi) is 4.38. The molecule has 0 heterocycles. The average Bonchev–Trinajstić information content (AvgIpc) is 2.39. The minimum atomic E-state index is -0.491. The Balaban J connectivity index is 2.29. The van der Waals surface area contributed by atoms with E-state index in [-0.39, 0.29) is 5.41 Å². The van der Waals surface area contributed by atoms with Gasteiger partial charge in [-0.25, -0.2) is 0 Å². The molecule has 18 heavy (non-hydrogen) atoms. The second-order valence-corrected chi connectivity index (χ2v) is 7.07. The smallest absolute Gasteiger partial charge is 0.0746 e. The molecule has 2 aliphatic rings. The van der Waals surface area contributed by atoms with Crippen molar-refractivity contribution < 1.29 is 5.11 Å². The third kappa shape index (κ3) is 2.22. The Morgan fingerprint density at radius 1 is 1.06 bits per heavy atom. The van der Waals surface area contributed by atoms with Crippen molar-refractivity contribution in [2.45, 2.75) is 77.2 Å². The lowest BCUT2D eigenvalue weighted by molar-refractivity contribution is -0.168.